The van der Waals surface area contributed by atoms with Crippen LogP contribution in [-0.4, -0.2) is 4.98 Å². The quantitative estimate of drug-likeness (QED) is 0.475. The molecule has 1 heterocycles. The van der Waals surface area contributed by atoms with Crippen LogP contribution in [0.4, 0.5) is 0 Å². The van der Waals surface area contributed by atoms with Gasteiger partial charge in [0, 0.05) is 0 Å². The van der Waals surface area contributed by atoms with Gasteiger partial charge < -0.3 is 0 Å². The second-order valence-electron chi connectivity index (χ2n) is 1.64. The Balaban J connectivity index is 3.46. The second kappa shape index (κ2) is 3.96. The second-order valence-corrected chi connectivity index (χ2v) is 4.56. The summed E-state index contributed by atoms with van der Waals surface area (Å²) in [5.41, 5.74) is 0. The lowest BCUT2D eigenvalue weighted by Gasteiger charge is -2.01. The maximum atomic E-state index is 5.79. The summed E-state index contributed by atoms with van der Waals surface area (Å²) in [5.74, 6) is 0. The van der Waals surface area contributed by atoms with Crippen LogP contribution in [0.25, 0.3) is 0 Å². The van der Waals surface area contributed by atoms with Gasteiger partial charge >= 0.3 is 0 Å². The van der Waals surface area contributed by atoms with Gasteiger partial charge in [-0.1, -0.05) is 34.8 Å². The molecule has 60 valence electrons. The van der Waals surface area contributed by atoms with Gasteiger partial charge in [0.05, 0.1) is 14.5 Å². The van der Waals surface area contributed by atoms with Crippen molar-refractivity contribution >= 4 is 73.3 Å². The highest BCUT2D eigenvalue weighted by atomic mass is 127. The summed E-state index contributed by atoms with van der Waals surface area (Å²) < 4.78 is 1.22. The van der Waals surface area contributed by atoms with E-state index in [0.29, 0.717) is 18.2 Å². The third-order valence-electron chi connectivity index (χ3n) is 0.944. The highest BCUT2D eigenvalue weighted by Gasteiger charge is 2.11. The summed E-state index contributed by atoms with van der Waals surface area (Å²) in [6.07, 6.45) is 0. The first-order valence-electron chi connectivity index (χ1n) is 2.39. The molecule has 0 aliphatic heterocycles. The SMILES string of the molecule is Clc1nc(I)c(Cl)c(Br)c1Cl. The van der Waals surface area contributed by atoms with E-state index in [9.17, 15) is 0 Å². The zero-order chi connectivity index (χ0) is 8.59. The fourth-order valence-corrected chi connectivity index (χ4v) is 2.48. The first kappa shape index (κ1) is 10.3. The fourth-order valence-electron chi connectivity index (χ4n) is 0.462. The van der Waals surface area contributed by atoms with Crippen LogP contribution in [0.3, 0.4) is 0 Å². The van der Waals surface area contributed by atoms with Gasteiger partial charge in [0.1, 0.15) is 8.85 Å². The minimum absolute atomic E-state index is 0.257. The first-order chi connectivity index (χ1) is 5.04. The van der Waals surface area contributed by atoms with Crippen molar-refractivity contribution in [3.8, 4) is 0 Å². The molecule has 0 N–H and O–H groups in total. The topological polar surface area (TPSA) is 12.9 Å². The van der Waals surface area contributed by atoms with Crippen molar-refractivity contribution in [1.29, 1.82) is 0 Å². The van der Waals surface area contributed by atoms with Gasteiger partial charge in [-0.15, -0.1) is 0 Å². The molecular weight excluding hydrogens is 387 g/mol. The van der Waals surface area contributed by atoms with Gasteiger partial charge in [-0.05, 0) is 38.5 Å². The molecule has 0 saturated heterocycles. The van der Waals surface area contributed by atoms with Crippen molar-refractivity contribution < 1.29 is 0 Å². The summed E-state index contributed by atoms with van der Waals surface area (Å²) in [6.45, 7) is 0. The Labute approximate surface area is 101 Å². The third kappa shape index (κ3) is 2.12. The number of pyridine rings is 1. The van der Waals surface area contributed by atoms with E-state index in [-0.39, 0.29) is 5.15 Å². The Morgan fingerprint density at radius 1 is 1.18 bits per heavy atom. The number of halogens is 5. The average Bonchev–Trinajstić information content (AvgIpc) is 1.97. The molecule has 0 unspecified atom stereocenters. The van der Waals surface area contributed by atoms with Gasteiger partial charge in [-0.25, -0.2) is 4.98 Å². The zero-order valence-electron chi connectivity index (χ0n) is 4.84. The maximum absolute atomic E-state index is 5.79. The molecule has 0 atom stereocenters. The third-order valence-corrected chi connectivity index (χ3v) is 4.40. The normalized spacial score (nSPS) is 10.3. The predicted molar refractivity (Wildman–Crippen MR) is 59.7 cm³/mol. The molecule has 6 heteroatoms. The van der Waals surface area contributed by atoms with Crippen molar-refractivity contribution in [3.05, 3.63) is 23.4 Å². The van der Waals surface area contributed by atoms with E-state index < -0.39 is 0 Å². The van der Waals surface area contributed by atoms with Gasteiger partial charge in [0.25, 0.3) is 0 Å². The molecule has 0 fully saturated rings. The van der Waals surface area contributed by atoms with E-state index >= 15 is 0 Å². The number of nitrogens with zero attached hydrogens (tertiary/aromatic N) is 1. The van der Waals surface area contributed by atoms with Crippen molar-refractivity contribution in [1.82, 2.24) is 4.98 Å². The predicted octanol–water partition coefficient (Wildman–Crippen LogP) is 4.41. The maximum Gasteiger partial charge on any atom is 0.150 e. The van der Waals surface area contributed by atoms with Crippen LogP contribution in [0.15, 0.2) is 4.47 Å². The zero-order valence-corrected chi connectivity index (χ0v) is 10.8. The highest BCUT2D eigenvalue weighted by molar-refractivity contribution is 14.1. The van der Waals surface area contributed by atoms with E-state index in [1.807, 2.05) is 22.6 Å². The summed E-state index contributed by atoms with van der Waals surface area (Å²) in [6, 6.07) is 0. The molecule has 0 saturated carbocycles. The molecule has 1 aromatic rings. The first-order valence-corrected chi connectivity index (χ1v) is 5.40. The van der Waals surface area contributed by atoms with Crippen molar-refractivity contribution in [3.63, 3.8) is 0 Å². The molecule has 1 aromatic heterocycles. The lowest BCUT2D eigenvalue weighted by atomic mass is 10.5. The Morgan fingerprint density at radius 2 is 1.73 bits per heavy atom. The van der Waals surface area contributed by atoms with E-state index in [1.54, 1.807) is 0 Å². The van der Waals surface area contributed by atoms with Crippen LogP contribution in [-0.2, 0) is 0 Å². The molecule has 0 bridgehead atoms. The molecule has 0 spiro atoms. The van der Waals surface area contributed by atoms with Crippen LogP contribution >= 0.6 is 73.3 Å². The molecule has 0 aliphatic rings. The van der Waals surface area contributed by atoms with Crippen LogP contribution in [0.1, 0.15) is 0 Å². The Hall–Kier alpha value is 1.23. The molecule has 1 rings (SSSR count). The van der Waals surface area contributed by atoms with E-state index in [0.717, 1.165) is 0 Å². The molecule has 0 aliphatic carbocycles. The lowest BCUT2D eigenvalue weighted by Crippen LogP contribution is -1.86. The Bertz CT molecular complexity index is 278. The monoisotopic (exact) mass is 385 g/mol. The molecular formula is C5BrCl3IN. The van der Waals surface area contributed by atoms with E-state index in [1.165, 1.54) is 0 Å². The minimum Gasteiger partial charge on any atom is -0.227 e. The van der Waals surface area contributed by atoms with Gasteiger partial charge in [-0.2, -0.15) is 0 Å². The van der Waals surface area contributed by atoms with E-state index in [4.69, 9.17) is 34.8 Å². The lowest BCUT2D eigenvalue weighted by molar-refractivity contribution is 1.26. The van der Waals surface area contributed by atoms with E-state index in [2.05, 4.69) is 20.9 Å². The van der Waals surface area contributed by atoms with Gasteiger partial charge in [-0.3, -0.25) is 0 Å². The van der Waals surface area contributed by atoms with Crippen molar-refractivity contribution in [2.45, 2.75) is 0 Å². The fraction of sp³-hybridized carbons (Fsp3) is 0. The van der Waals surface area contributed by atoms with Crippen molar-refractivity contribution in [2.24, 2.45) is 0 Å². The van der Waals surface area contributed by atoms with Crippen LogP contribution in [0, 0.1) is 3.70 Å². The summed E-state index contributed by atoms with van der Waals surface area (Å²) in [7, 11) is 0. The number of aromatic nitrogens is 1. The standard InChI is InChI=1S/C5BrCl3IN/c6-1-2(7)4(9)11-5(10)3(1)8. The Kier molecular flexibility index (Phi) is 3.71. The molecule has 0 radical (unpaired) electrons. The van der Waals surface area contributed by atoms with Crippen molar-refractivity contribution in [2.75, 3.05) is 0 Å². The highest BCUT2D eigenvalue weighted by Crippen LogP contribution is 2.36. The molecule has 0 aromatic carbocycles. The van der Waals surface area contributed by atoms with Gasteiger partial charge in [0.15, 0.2) is 0 Å². The number of hydrogen-bond acceptors (Lipinski definition) is 1. The number of rotatable bonds is 0. The van der Waals surface area contributed by atoms with Crippen LogP contribution in [0.5, 0.6) is 0 Å². The molecule has 11 heavy (non-hydrogen) atoms. The largest absolute Gasteiger partial charge is 0.227 e. The van der Waals surface area contributed by atoms with Crippen LogP contribution in [0.2, 0.25) is 15.2 Å². The summed E-state index contributed by atoms with van der Waals surface area (Å²) >= 11 is 22.3. The summed E-state index contributed by atoms with van der Waals surface area (Å²) in [4.78, 5) is 3.89. The smallest absolute Gasteiger partial charge is 0.150 e. The van der Waals surface area contributed by atoms with Crippen LogP contribution < -0.4 is 0 Å². The van der Waals surface area contributed by atoms with Gasteiger partial charge in [0.2, 0.25) is 0 Å². The molecule has 1 nitrogen and oxygen atoms in total. The average molecular weight is 387 g/mol. The Morgan fingerprint density at radius 3 is 2.27 bits per heavy atom. The minimum atomic E-state index is 0.257. The molecule has 0 amide bonds. The summed E-state index contributed by atoms with van der Waals surface area (Å²) in [5, 5.41) is 1.09. The number of hydrogen-bond donors (Lipinski definition) is 0.